The van der Waals surface area contributed by atoms with Crippen LogP contribution in [0.3, 0.4) is 0 Å². The zero-order valence-electron chi connectivity index (χ0n) is 22.7. The Morgan fingerprint density at radius 3 is 2.37 bits per heavy atom. The summed E-state index contributed by atoms with van der Waals surface area (Å²) in [6.45, 7) is 1.56. The number of aliphatic hydroxyl groups is 1. The highest BCUT2D eigenvalue weighted by Crippen LogP contribution is 2.44. The van der Waals surface area contributed by atoms with Gasteiger partial charge in [0.15, 0.2) is 5.82 Å². The molecule has 0 aliphatic carbocycles. The van der Waals surface area contributed by atoms with E-state index in [2.05, 4.69) is 10.0 Å². The third-order valence-corrected chi connectivity index (χ3v) is 8.84. The fourth-order valence-electron chi connectivity index (χ4n) is 5.44. The number of aliphatic hydroxyl groups excluding tert-OH is 1. The number of fused-ring (bicyclic) bond motifs is 1. The molecule has 0 bridgehead atoms. The Bertz CT molecular complexity index is 1330. The molecule has 2 aliphatic rings. The lowest BCUT2D eigenvalue weighted by molar-refractivity contribution is -0.0868. The summed E-state index contributed by atoms with van der Waals surface area (Å²) in [7, 11) is -3.85. The molecule has 7 nitrogen and oxygen atoms in total. The summed E-state index contributed by atoms with van der Waals surface area (Å²) in [6.07, 6.45) is 0.245. The molecule has 3 N–H and O–H groups in total. The topological polar surface area (TPSA) is 84.9 Å². The quantitative estimate of drug-likeness (QED) is 0.312. The molecule has 2 aromatic rings. The first-order valence-electron chi connectivity index (χ1n) is 13.4. The first-order valence-corrected chi connectivity index (χ1v) is 15.0. The van der Waals surface area contributed by atoms with Crippen molar-refractivity contribution in [1.29, 1.82) is 0 Å². The van der Waals surface area contributed by atoms with Crippen LogP contribution in [0.15, 0.2) is 24.3 Å². The smallest absolute Gasteiger partial charge is 0.283 e. The number of alkyl halides is 3. The van der Waals surface area contributed by atoms with Crippen molar-refractivity contribution in [1.82, 2.24) is 9.80 Å². The molecule has 0 spiro atoms. The molecule has 41 heavy (non-hydrogen) atoms. The highest BCUT2D eigenvalue weighted by molar-refractivity contribution is 7.92. The number of hydrogen-bond acceptors (Lipinski definition) is 6. The second kappa shape index (κ2) is 12.4. The van der Waals surface area contributed by atoms with Crippen molar-refractivity contribution >= 4 is 21.4 Å². The predicted molar refractivity (Wildman–Crippen MR) is 144 cm³/mol. The van der Waals surface area contributed by atoms with Crippen molar-refractivity contribution < 1.29 is 39.9 Å². The molecule has 228 valence electrons. The molecule has 0 saturated carbocycles. The van der Waals surface area contributed by atoms with Crippen LogP contribution in [0.2, 0.25) is 0 Å². The van der Waals surface area contributed by atoms with E-state index in [1.807, 2.05) is 4.90 Å². The summed E-state index contributed by atoms with van der Waals surface area (Å²) in [5.74, 6) is -6.98. The minimum Gasteiger partial charge on any atom is -0.390 e. The van der Waals surface area contributed by atoms with E-state index in [1.165, 1.54) is 19.9 Å². The van der Waals surface area contributed by atoms with Crippen molar-refractivity contribution in [3.05, 3.63) is 58.4 Å². The number of hydrogen-bond donors (Lipinski definition) is 3. The lowest BCUT2D eigenvalue weighted by Gasteiger charge is -2.44. The summed E-state index contributed by atoms with van der Waals surface area (Å²) >= 11 is 0. The van der Waals surface area contributed by atoms with Crippen molar-refractivity contribution in [3.63, 3.8) is 0 Å². The van der Waals surface area contributed by atoms with Crippen LogP contribution < -0.4 is 10.0 Å². The molecule has 2 atom stereocenters. The van der Waals surface area contributed by atoms with Crippen LogP contribution in [-0.4, -0.2) is 86.5 Å². The van der Waals surface area contributed by atoms with Gasteiger partial charge in [-0.2, -0.15) is 0 Å². The first kappa shape index (κ1) is 31.4. The lowest BCUT2D eigenvalue weighted by atomic mass is 9.83. The Balaban J connectivity index is 1.72. The molecule has 2 heterocycles. The third-order valence-electron chi connectivity index (χ3n) is 7.55. The maximum Gasteiger partial charge on any atom is 0.283 e. The third kappa shape index (κ3) is 6.92. The zero-order valence-corrected chi connectivity index (χ0v) is 23.6. The Hall–Kier alpha value is -2.55. The van der Waals surface area contributed by atoms with Gasteiger partial charge in [-0.15, -0.1) is 0 Å². The molecule has 4 rings (SSSR count). The second-order valence-electron chi connectivity index (χ2n) is 10.6. The van der Waals surface area contributed by atoms with Gasteiger partial charge < -0.3 is 10.4 Å². The molecule has 14 heteroatoms. The van der Waals surface area contributed by atoms with Crippen LogP contribution in [-0.2, 0) is 16.4 Å². The van der Waals surface area contributed by atoms with Crippen molar-refractivity contribution in [3.8, 4) is 0 Å². The van der Waals surface area contributed by atoms with Gasteiger partial charge in [0.05, 0.1) is 36.7 Å². The van der Waals surface area contributed by atoms with Gasteiger partial charge in [-0.05, 0) is 56.0 Å². The maximum absolute atomic E-state index is 15.7. The van der Waals surface area contributed by atoms with Gasteiger partial charge in [0.25, 0.3) is 5.92 Å². The van der Waals surface area contributed by atoms with Gasteiger partial charge in [0, 0.05) is 36.9 Å². The number of halogens is 6. The van der Waals surface area contributed by atoms with E-state index in [0.717, 1.165) is 23.1 Å². The van der Waals surface area contributed by atoms with Crippen molar-refractivity contribution in [2.24, 2.45) is 0 Å². The van der Waals surface area contributed by atoms with Gasteiger partial charge in [-0.1, -0.05) is 6.07 Å². The van der Waals surface area contributed by atoms with E-state index in [4.69, 9.17) is 0 Å². The zero-order chi connectivity index (χ0) is 30.1. The molecular weight excluding hydrogens is 574 g/mol. The molecule has 0 aromatic heterocycles. The van der Waals surface area contributed by atoms with Crippen LogP contribution in [0.1, 0.15) is 43.0 Å². The Labute approximate surface area is 235 Å². The average Bonchev–Trinajstić information content (AvgIpc) is 2.88. The van der Waals surface area contributed by atoms with Gasteiger partial charge in [0.2, 0.25) is 10.0 Å². The largest absolute Gasteiger partial charge is 0.390 e. The SMILES string of the molecule is CCS(=O)(=O)Nc1ccc2c(c1F)C[C@@H](C)N(CC(F)(F)CO)[C@@H]2c1c(F)cc(NC2CN(CCCF)C2)cc1F. The minimum atomic E-state index is -3.85. The van der Waals surface area contributed by atoms with E-state index in [-0.39, 0.29) is 40.7 Å². The summed E-state index contributed by atoms with van der Waals surface area (Å²) in [5, 5.41) is 12.2. The van der Waals surface area contributed by atoms with Crippen molar-refractivity contribution in [2.45, 2.75) is 50.7 Å². The Morgan fingerprint density at radius 2 is 1.78 bits per heavy atom. The molecule has 0 radical (unpaired) electrons. The van der Waals surface area contributed by atoms with E-state index in [1.54, 1.807) is 0 Å². The number of anilines is 2. The normalized spacial score (nSPS) is 20.5. The number of rotatable bonds is 12. The fraction of sp³-hybridized carbons (Fsp3) is 0.556. The summed E-state index contributed by atoms with van der Waals surface area (Å²) in [4.78, 5) is 3.11. The Morgan fingerprint density at radius 1 is 1.12 bits per heavy atom. The van der Waals surface area contributed by atoms with E-state index >= 15 is 13.2 Å². The second-order valence-corrected chi connectivity index (χ2v) is 12.7. The molecule has 0 amide bonds. The van der Waals surface area contributed by atoms with Crippen LogP contribution in [0, 0.1) is 17.5 Å². The van der Waals surface area contributed by atoms with Gasteiger partial charge in [-0.3, -0.25) is 18.9 Å². The maximum atomic E-state index is 15.7. The van der Waals surface area contributed by atoms with E-state index in [0.29, 0.717) is 26.1 Å². The molecule has 1 fully saturated rings. The van der Waals surface area contributed by atoms with Crippen molar-refractivity contribution in [2.75, 3.05) is 55.3 Å². The van der Waals surface area contributed by atoms with Crippen LogP contribution in [0.4, 0.5) is 37.7 Å². The molecule has 0 unspecified atom stereocenters. The molecule has 2 aromatic carbocycles. The average molecular weight is 609 g/mol. The number of likely N-dealkylation sites (tertiary alicyclic amines) is 1. The van der Waals surface area contributed by atoms with Gasteiger partial charge in [0.1, 0.15) is 18.2 Å². The standard InChI is InChI=1S/C27H34F6N4O3S/c1-3-41(39,40)35-23-6-5-19-20(25(23)31)9-16(2)37(14-27(32,33)15-38)26(19)24-21(29)10-17(11-22(24)30)34-18-12-36(13-18)8-4-7-28/h5-6,10-11,16,18,26,34-35,38H,3-4,7-9,12-15H2,1-2H3/t16-,26+/m1/s1. The summed E-state index contributed by atoms with van der Waals surface area (Å²) in [6, 6.07) is 2.00. The summed E-state index contributed by atoms with van der Waals surface area (Å²) in [5.41, 5.74) is -0.837. The fourth-order valence-corrected chi connectivity index (χ4v) is 6.08. The number of sulfonamides is 1. The minimum absolute atomic E-state index is 0.00907. The highest BCUT2D eigenvalue weighted by atomic mass is 32.2. The Kier molecular flexibility index (Phi) is 9.46. The van der Waals surface area contributed by atoms with E-state index in [9.17, 15) is 26.7 Å². The van der Waals surface area contributed by atoms with Gasteiger partial charge in [-0.25, -0.2) is 30.4 Å². The first-order chi connectivity index (χ1) is 19.3. The lowest BCUT2D eigenvalue weighted by Crippen LogP contribution is -2.54. The molecule has 1 saturated heterocycles. The van der Waals surface area contributed by atoms with Crippen LogP contribution >= 0.6 is 0 Å². The predicted octanol–water partition coefficient (Wildman–Crippen LogP) is 4.28. The highest BCUT2D eigenvalue weighted by Gasteiger charge is 2.43. The van der Waals surface area contributed by atoms with E-state index < -0.39 is 70.9 Å². The monoisotopic (exact) mass is 608 g/mol. The number of benzene rings is 2. The molecular formula is C27H34F6N4O3S. The van der Waals surface area contributed by atoms with Gasteiger partial charge >= 0.3 is 0 Å². The van der Waals surface area contributed by atoms with Crippen LogP contribution in [0.25, 0.3) is 0 Å². The number of nitrogens with zero attached hydrogens (tertiary/aromatic N) is 2. The number of nitrogens with one attached hydrogen (secondary N) is 2. The summed E-state index contributed by atoms with van der Waals surface area (Å²) < 4.78 is 115. The molecule has 2 aliphatic heterocycles. The van der Waals surface area contributed by atoms with Crippen LogP contribution in [0.5, 0.6) is 0 Å².